The predicted molar refractivity (Wildman–Crippen MR) is 257 cm³/mol. The number of nitrogens with one attached hydrogen (secondary N) is 4. The SMILES string of the molecule is COC(=O)N[C@H](C(=O)N1CC(F)(F)CC1c1ncc(-c2ccc(-c3ccc(-c4ccc5nc([C@@H]6CC(F)(F)CN6C(=O)[C@@H](NC(=O)OC)C(C)C)[nH]c(=O)c5c4)c4c3CC3(CCOCC3)C4)cc2)[nH]1)C(C)C. The number of rotatable bonds is 11. The topological polar surface area (TPSA) is 201 Å². The molecule has 72 heavy (non-hydrogen) atoms. The second-order valence-electron chi connectivity index (χ2n) is 20.3. The van der Waals surface area contributed by atoms with Crippen molar-refractivity contribution in [3.63, 3.8) is 0 Å². The zero-order chi connectivity index (χ0) is 51.4. The average Bonchev–Trinajstić information content (AvgIpc) is 4.14. The summed E-state index contributed by atoms with van der Waals surface area (Å²) in [6.45, 7) is 6.30. The average molecular weight is 999 g/mol. The van der Waals surface area contributed by atoms with Gasteiger partial charge >= 0.3 is 12.2 Å². The van der Waals surface area contributed by atoms with Crippen molar-refractivity contribution in [2.24, 2.45) is 17.3 Å². The van der Waals surface area contributed by atoms with Gasteiger partial charge in [0.15, 0.2) is 0 Å². The monoisotopic (exact) mass is 998 g/mol. The maximum Gasteiger partial charge on any atom is 0.407 e. The molecular weight excluding hydrogens is 941 g/mol. The maximum atomic E-state index is 15.1. The highest BCUT2D eigenvalue weighted by molar-refractivity contribution is 5.89. The van der Waals surface area contributed by atoms with Gasteiger partial charge in [-0.2, -0.15) is 0 Å². The molecule has 5 aromatic rings. The zero-order valence-electron chi connectivity index (χ0n) is 40.9. The van der Waals surface area contributed by atoms with Gasteiger partial charge < -0.3 is 44.6 Å². The predicted octanol–water partition coefficient (Wildman–Crippen LogP) is 8.12. The number of hydrogen-bond donors (Lipinski definition) is 4. The van der Waals surface area contributed by atoms with Gasteiger partial charge in [0.2, 0.25) is 11.8 Å². The van der Waals surface area contributed by atoms with E-state index in [1.54, 1.807) is 46.0 Å². The minimum Gasteiger partial charge on any atom is -0.453 e. The summed E-state index contributed by atoms with van der Waals surface area (Å²) in [7, 11) is 2.30. The number of benzene rings is 3. The quantitative estimate of drug-likeness (QED) is 0.0937. The van der Waals surface area contributed by atoms with Crippen LogP contribution in [-0.4, -0.2) is 118 Å². The molecule has 3 aromatic carbocycles. The number of amides is 4. The number of fused-ring (bicyclic) bond motifs is 2. The Morgan fingerprint density at radius 1 is 0.708 bits per heavy atom. The van der Waals surface area contributed by atoms with Gasteiger partial charge in [0.05, 0.1) is 62.2 Å². The number of carbonyl (C=O) groups is 4. The van der Waals surface area contributed by atoms with Crippen molar-refractivity contribution in [1.82, 2.24) is 40.4 Å². The fourth-order valence-electron chi connectivity index (χ4n) is 10.9. The number of H-pyrrole nitrogens is 2. The van der Waals surface area contributed by atoms with Crippen molar-refractivity contribution in [2.45, 2.75) is 102 Å². The molecule has 20 heteroatoms. The summed E-state index contributed by atoms with van der Waals surface area (Å²) >= 11 is 0. The summed E-state index contributed by atoms with van der Waals surface area (Å²) in [5.74, 6) is -8.60. The Morgan fingerprint density at radius 3 is 1.74 bits per heavy atom. The van der Waals surface area contributed by atoms with E-state index in [4.69, 9.17) is 4.74 Å². The van der Waals surface area contributed by atoms with Crippen LogP contribution in [0, 0.1) is 17.3 Å². The number of hydrogen-bond acceptors (Lipinski definition) is 10. The molecule has 0 bridgehead atoms. The van der Waals surface area contributed by atoms with Crippen LogP contribution in [0.3, 0.4) is 0 Å². The number of alkyl carbamates (subject to hydrolysis) is 2. The summed E-state index contributed by atoms with van der Waals surface area (Å²) in [4.78, 5) is 82.5. The molecule has 3 aliphatic heterocycles. The first-order chi connectivity index (χ1) is 34.2. The molecule has 3 saturated heterocycles. The summed E-state index contributed by atoms with van der Waals surface area (Å²) in [6.07, 6.45) is 1.77. The van der Waals surface area contributed by atoms with Gasteiger partial charge in [-0.1, -0.05) is 70.2 Å². The molecule has 0 radical (unpaired) electrons. The number of methoxy groups -OCH3 is 2. The molecule has 0 saturated carbocycles. The van der Waals surface area contributed by atoms with Gasteiger partial charge in [-0.3, -0.25) is 14.4 Å². The first-order valence-corrected chi connectivity index (χ1v) is 24.2. The number of alkyl halides is 4. The van der Waals surface area contributed by atoms with E-state index in [-0.39, 0.29) is 28.0 Å². The lowest BCUT2D eigenvalue weighted by molar-refractivity contribution is -0.137. The van der Waals surface area contributed by atoms with E-state index < -0.39 is 103 Å². The molecule has 9 rings (SSSR count). The molecule has 4 amide bonds. The number of carbonyl (C=O) groups excluding carboxylic acids is 4. The Kier molecular flexibility index (Phi) is 13.4. The van der Waals surface area contributed by atoms with E-state index in [0.29, 0.717) is 18.9 Å². The molecule has 3 fully saturated rings. The van der Waals surface area contributed by atoms with Crippen LogP contribution in [0.2, 0.25) is 0 Å². The van der Waals surface area contributed by atoms with E-state index in [9.17, 15) is 24.0 Å². The van der Waals surface area contributed by atoms with Gasteiger partial charge in [-0.25, -0.2) is 37.1 Å². The Bertz CT molecular complexity index is 2970. The smallest absolute Gasteiger partial charge is 0.407 e. The number of halogens is 4. The van der Waals surface area contributed by atoms with E-state index >= 15 is 17.6 Å². The minimum absolute atomic E-state index is 0.0348. The normalized spacial score (nSPS) is 20.7. The molecule has 5 heterocycles. The van der Waals surface area contributed by atoms with Gasteiger partial charge in [-0.05, 0) is 94.0 Å². The van der Waals surface area contributed by atoms with Gasteiger partial charge in [0.25, 0.3) is 17.4 Å². The van der Waals surface area contributed by atoms with Crippen molar-refractivity contribution in [1.29, 1.82) is 0 Å². The standard InChI is InChI=1S/C52H58F4N8O8/c1-27(2)41(60-48(68)70-5)46(66)63-25-51(53,54)22-39(63)43-57-24-38(59-43)30-9-7-29(8-10-30)32-12-13-33(36-21-50(20-35(32)36)15-17-72-18-16-50)31-11-14-37-34(19-31)45(65)62-44(58-37)40-23-52(55,56)26-64(40)47(67)42(28(3)4)61-49(69)71-6/h7-14,19,24,27-28,39-42H,15-18,20-23,25-26H2,1-6H3,(H,57,59)(H,60,68)(H,61,69)(H,58,62,65)/t39?,40-,41-,42-/m0/s1. The molecule has 16 nitrogen and oxygen atoms in total. The van der Waals surface area contributed by atoms with Crippen LogP contribution in [-0.2, 0) is 36.6 Å². The number of ether oxygens (including phenoxy) is 3. The molecule has 1 unspecified atom stereocenters. The fraction of sp³-hybridized carbons (Fsp3) is 0.481. The van der Waals surface area contributed by atoms with Gasteiger partial charge in [0.1, 0.15) is 23.7 Å². The third-order valence-electron chi connectivity index (χ3n) is 14.7. The maximum absolute atomic E-state index is 15.1. The zero-order valence-corrected chi connectivity index (χ0v) is 40.9. The van der Waals surface area contributed by atoms with Crippen molar-refractivity contribution >= 4 is 34.9 Å². The van der Waals surface area contributed by atoms with Crippen LogP contribution in [0.25, 0.3) is 44.4 Å². The Balaban J connectivity index is 1.000. The number of likely N-dealkylation sites (tertiary alicyclic amines) is 2. The molecule has 382 valence electrons. The largest absolute Gasteiger partial charge is 0.453 e. The van der Waals surface area contributed by atoms with E-state index in [2.05, 4.69) is 46.1 Å². The molecule has 2 aromatic heterocycles. The summed E-state index contributed by atoms with van der Waals surface area (Å²) < 4.78 is 75.4. The lowest BCUT2D eigenvalue weighted by atomic mass is 9.77. The molecule has 4 atom stereocenters. The summed E-state index contributed by atoms with van der Waals surface area (Å²) in [5.41, 5.74) is 7.03. The van der Waals surface area contributed by atoms with Crippen molar-refractivity contribution in [2.75, 3.05) is 40.5 Å². The Morgan fingerprint density at radius 2 is 1.21 bits per heavy atom. The van der Waals surface area contributed by atoms with Gasteiger partial charge in [-0.15, -0.1) is 0 Å². The minimum atomic E-state index is -3.27. The molecule has 4 N–H and O–H groups in total. The highest BCUT2D eigenvalue weighted by atomic mass is 19.3. The molecule has 1 aliphatic carbocycles. The second kappa shape index (κ2) is 19.3. The third kappa shape index (κ3) is 9.76. The van der Waals surface area contributed by atoms with Crippen molar-refractivity contribution < 1.29 is 51.0 Å². The summed E-state index contributed by atoms with van der Waals surface area (Å²) in [5, 5.41) is 5.18. The fourth-order valence-corrected chi connectivity index (χ4v) is 10.9. The van der Waals surface area contributed by atoms with Crippen molar-refractivity contribution in [3.8, 4) is 33.5 Å². The Hall–Kier alpha value is -6.83. The van der Waals surface area contributed by atoms with Crippen LogP contribution in [0.15, 0.2) is 65.6 Å². The van der Waals surface area contributed by atoms with Gasteiger partial charge in [0, 0.05) is 26.1 Å². The van der Waals surface area contributed by atoms with Crippen LogP contribution in [0.5, 0.6) is 0 Å². The first kappa shape index (κ1) is 50.1. The lowest BCUT2D eigenvalue weighted by Gasteiger charge is -2.33. The number of imidazole rings is 1. The van der Waals surface area contributed by atoms with Crippen LogP contribution < -0.4 is 16.2 Å². The summed E-state index contributed by atoms with van der Waals surface area (Å²) in [6, 6.07) is 12.7. The molecule has 4 aliphatic rings. The highest BCUT2D eigenvalue weighted by Gasteiger charge is 2.52. The number of aromatic nitrogens is 4. The third-order valence-corrected chi connectivity index (χ3v) is 14.7. The second-order valence-corrected chi connectivity index (χ2v) is 20.3. The number of aromatic amines is 2. The van der Waals surface area contributed by atoms with E-state index in [1.807, 2.05) is 36.4 Å². The first-order valence-electron chi connectivity index (χ1n) is 24.2. The molecular formula is C52H58F4N8O8. The highest BCUT2D eigenvalue weighted by Crippen LogP contribution is 2.51. The van der Waals surface area contributed by atoms with Crippen molar-refractivity contribution in [3.05, 3.63) is 93.9 Å². The molecule has 1 spiro atoms. The number of nitrogens with zero attached hydrogens (tertiary/aromatic N) is 4. The van der Waals surface area contributed by atoms with E-state index in [0.717, 1.165) is 83.1 Å². The lowest BCUT2D eigenvalue weighted by Crippen LogP contribution is -2.51. The van der Waals surface area contributed by atoms with E-state index in [1.165, 1.54) is 5.56 Å². The van der Waals surface area contributed by atoms with Crippen LogP contribution in [0.1, 0.15) is 88.2 Å². The Labute approximate surface area is 412 Å². The van der Waals surface area contributed by atoms with Crippen LogP contribution in [0.4, 0.5) is 27.2 Å². The van der Waals surface area contributed by atoms with Crippen LogP contribution >= 0.6 is 0 Å².